The summed E-state index contributed by atoms with van der Waals surface area (Å²) in [6.45, 7) is 3.97. The van der Waals surface area contributed by atoms with E-state index in [1.54, 1.807) is 6.33 Å². The number of hydrogen-bond donors (Lipinski definition) is 1. The van der Waals surface area contributed by atoms with Gasteiger partial charge in [-0.2, -0.15) is 0 Å². The van der Waals surface area contributed by atoms with Crippen LogP contribution in [-0.2, 0) is 19.4 Å². The van der Waals surface area contributed by atoms with Crippen LogP contribution in [0.5, 0.6) is 0 Å². The van der Waals surface area contributed by atoms with Gasteiger partial charge in [0.2, 0.25) is 0 Å². The molecule has 2 heterocycles. The molecule has 0 aliphatic carbocycles. The number of aryl methyl sites for hydroxylation is 1. The first-order valence-corrected chi connectivity index (χ1v) is 7.60. The fourth-order valence-electron chi connectivity index (χ4n) is 2.78. The zero-order valence-electron chi connectivity index (χ0n) is 12.7. The summed E-state index contributed by atoms with van der Waals surface area (Å²) in [5, 5.41) is 2.99. The highest BCUT2D eigenvalue weighted by Crippen LogP contribution is 2.15. The van der Waals surface area contributed by atoms with Gasteiger partial charge in [-0.1, -0.05) is 30.3 Å². The third-order valence-electron chi connectivity index (χ3n) is 4.07. The Labute approximate surface area is 130 Å². The van der Waals surface area contributed by atoms with E-state index in [4.69, 9.17) is 0 Å². The quantitative estimate of drug-likeness (QED) is 0.923. The molecule has 5 nitrogen and oxygen atoms in total. The first kappa shape index (κ1) is 14.5. The molecule has 1 aliphatic heterocycles. The molecule has 2 amide bonds. The SMILES string of the molecule is Cc1ncnc2c1CCN(C(=O)NCc1ccccc1)CC2. The Bertz CT molecular complexity index is 657. The summed E-state index contributed by atoms with van der Waals surface area (Å²) in [6, 6.07) is 9.94. The molecule has 1 aromatic heterocycles. The van der Waals surface area contributed by atoms with Gasteiger partial charge in [0.05, 0.1) is 0 Å². The van der Waals surface area contributed by atoms with Gasteiger partial charge in [-0.05, 0) is 24.5 Å². The van der Waals surface area contributed by atoms with Crippen molar-refractivity contribution in [2.45, 2.75) is 26.3 Å². The molecule has 0 spiro atoms. The number of urea groups is 1. The number of hydrogen-bond acceptors (Lipinski definition) is 3. The fourth-order valence-corrected chi connectivity index (χ4v) is 2.78. The molecule has 0 atom stereocenters. The van der Waals surface area contributed by atoms with Gasteiger partial charge >= 0.3 is 6.03 Å². The van der Waals surface area contributed by atoms with Crippen molar-refractivity contribution < 1.29 is 4.79 Å². The van der Waals surface area contributed by atoms with E-state index in [-0.39, 0.29) is 6.03 Å². The first-order valence-electron chi connectivity index (χ1n) is 7.60. The molecule has 22 heavy (non-hydrogen) atoms. The van der Waals surface area contributed by atoms with E-state index in [0.717, 1.165) is 29.8 Å². The lowest BCUT2D eigenvalue weighted by Gasteiger charge is -2.20. The Morgan fingerprint density at radius 1 is 1.18 bits per heavy atom. The van der Waals surface area contributed by atoms with Crippen LogP contribution in [0.25, 0.3) is 0 Å². The lowest BCUT2D eigenvalue weighted by Crippen LogP contribution is -2.41. The van der Waals surface area contributed by atoms with E-state index in [2.05, 4.69) is 15.3 Å². The van der Waals surface area contributed by atoms with E-state index < -0.39 is 0 Å². The normalized spacial score (nSPS) is 14.1. The summed E-state index contributed by atoms with van der Waals surface area (Å²) in [5.41, 5.74) is 4.40. The summed E-state index contributed by atoms with van der Waals surface area (Å²) >= 11 is 0. The van der Waals surface area contributed by atoms with Crippen LogP contribution >= 0.6 is 0 Å². The minimum Gasteiger partial charge on any atom is -0.334 e. The lowest BCUT2D eigenvalue weighted by molar-refractivity contribution is 0.200. The van der Waals surface area contributed by atoms with Gasteiger partial charge in [-0.3, -0.25) is 0 Å². The highest BCUT2D eigenvalue weighted by atomic mass is 16.2. The van der Waals surface area contributed by atoms with Gasteiger partial charge in [0, 0.05) is 37.4 Å². The maximum atomic E-state index is 12.3. The Morgan fingerprint density at radius 3 is 2.77 bits per heavy atom. The van der Waals surface area contributed by atoms with Crippen LogP contribution in [0.15, 0.2) is 36.7 Å². The second-order valence-electron chi connectivity index (χ2n) is 5.52. The molecular formula is C17H20N4O. The second kappa shape index (κ2) is 6.56. The van der Waals surface area contributed by atoms with E-state index in [9.17, 15) is 4.79 Å². The number of aromatic nitrogens is 2. The molecule has 2 aromatic rings. The standard InChI is InChI=1S/C17H20N4O/c1-13-15-7-9-21(10-8-16(15)20-12-19-13)17(22)18-11-14-5-3-2-4-6-14/h2-6,12H,7-11H2,1H3,(H,18,22). The number of amides is 2. The van der Waals surface area contributed by atoms with Crippen molar-refractivity contribution in [1.82, 2.24) is 20.2 Å². The molecule has 1 aliphatic rings. The van der Waals surface area contributed by atoms with Crippen molar-refractivity contribution in [3.8, 4) is 0 Å². The van der Waals surface area contributed by atoms with Gasteiger partial charge < -0.3 is 10.2 Å². The molecule has 3 rings (SSSR count). The van der Waals surface area contributed by atoms with E-state index in [0.29, 0.717) is 19.6 Å². The van der Waals surface area contributed by atoms with Gasteiger partial charge in [-0.15, -0.1) is 0 Å². The van der Waals surface area contributed by atoms with Gasteiger partial charge in [0.25, 0.3) is 0 Å². The largest absolute Gasteiger partial charge is 0.334 e. The van der Waals surface area contributed by atoms with E-state index >= 15 is 0 Å². The first-order chi connectivity index (χ1) is 10.7. The fraction of sp³-hybridized carbons (Fsp3) is 0.353. The number of fused-ring (bicyclic) bond motifs is 1. The van der Waals surface area contributed by atoms with Crippen LogP contribution in [0.1, 0.15) is 22.5 Å². The average molecular weight is 296 g/mol. The molecular weight excluding hydrogens is 276 g/mol. The third kappa shape index (κ3) is 3.24. The number of rotatable bonds is 2. The Morgan fingerprint density at radius 2 is 1.95 bits per heavy atom. The number of nitrogens with one attached hydrogen (secondary N) is 1. The molecule has 114 valence electrons. The van der Waals surface area contributed by atoms with Crippen molar-refractivity contribution in [3.05, 3.63) is 59.2 Å². The molecule has 0 saturated heterocycles. The maximum absolute atomic E-state index is 12.3. The molecule has 1 N–H and O–H groups in total. The Balaban J connectivity index is 1.60. The Kier molecular flexibility index (Phi) is 4.32. The molecule has 0 radical (unpaired) electrons. The molecule has 0 saturated carbocycles. The highest BCUT2D eigenvalue weighted by Gasteiger charge is 2.20. The summed E-state index contributed by atoms with van der Waals surface area (Å²) in [5.74, 6) is 0. The second-order valence-corrected chi connectivity index (χ2v) is 5.52. The van der Waals surface area contributed by atoms with Crippen molar-refractivity contribution in [1.29, 1.82) is 0 Å². The minimum absolute atomic E-state index is 0.0118. The Hall–Kier alpha value is -2.43. The van der Waals surface area contributed by atoms with Crippen molar-refractivity contribution in [3.63, 3.8) is 0 Å². The third-order valence-corrected chi connectivity index (χ3v) is 4.07. The number of benzene rings is 1. The van der Waals surface area contributed by atoms with E-state index in [1.165, 1.54) is 5.56 Å². The van der Waals surface area contributed by atoms with Gasteiger partial charge in [0.15, 0.2) is 0 Å². The summed E-state index contributed by atoms with van der Waals surface area (Å²) in [4.78, 5) is 22.8. The monoisotopic (exact) mass is 296 g/mol. The molecule has 0 fully saturated rings. The zero-order chi connectivity index (χ0) is 15.4. The van der Waals surface area contributed by atoms with Crippen molar-refractivity contribution >= 4 is 6.03 Å². The topological polar surface area (TPSA) is 58.1 Å². The van der Waals surface area contributed by atoms with Crippen LogP contribution in [0.3, 0.4) is 0 Å². The van der Waals surface area contributed by atoms with Crippen molar-refractivity contribution in [2.75, 3.05) is 13.1 Å². The highest BCUT2D eigenvalue weighted by molar-refractivity contribution is 5.74. The number of carbonyl (C=O) groups is 1. The van der Waals surface area contributed by atoms with Crippen LogP contribution in [0.4, 0.5) is 4.79 Å². The minimum atomic E-state index is -0.0118. The smallest absolute Gasteiger partial charge is 0.317 e. The number of carbonyl (C=O) groups excluding carboxylic acids is 1. The maximum Gasteiger partial charge on any atom is 0.317 e. The number of nitrogens with zero attached hydrogens (tertiary/aromatic N) is 3. The van der Waals surface area contributed by atoms with Crippen LogP contribution in [-0.4, -0.2) is 34.0 Å². The molecule has 0 unspecified atom stereocenters. The molecule has 5 heteroatoms. The summed E-state index contributed by atoms with van der Waals surface area (Å²) < 4.78 is 0. The van der Waals surface area contributed by atoms with Crippen LogP contribution < -0.4 is 5.32 Å². The van der Waals surface area contributed by atoms with Gasteiger partial charge in [-0.25, -0.2) is 14.8 Å². The van der Waals surface area contributed by atoms with Crippen molar-refractivity contribution in [2.24, 2.45) is 0 Å². The lowest BCUT2D eigenvalue weighted by atomic mass is 10.1. The summed E-state index contributed by atoms with van der Waals surface area (Å²) in [7, 11) is 0. The van der Waals surface area contributed by atoms with Crippen LogP contribution in [0, 0.1) is 6.92 Å². The predicted molar refractivity (Wildman–Crippen MR) is 84.4 cm³/mol. The van der Waals surface area contributed by atoms with Gasteiger partial charge in [0.1, 0.15) is 6.33 Å². The zero-order valence-corrected chi connectivity index (χ0v) is 12.7. The van der Waals surface area contributed by atoms with Crippen LogP contribution in [0.2, 0.25) is 0 Å². The molecule has 0 bridgehead atoms. The average Bonchev–Trinajstić information content (AvgIpc) is 2.77. The van der Waals surface area contributed by atoms with E-state index in [1.807, 2.05) is 42.2 Å². The summed E-state index contributed by atoms with van der Waals surface area (Å²) in [6.07, 6.45) is 3.22. The molecule has 1 aromatic carbocycles. The predicted octanol–water partition coefficient (Wildman–Crippen LogP) is 2.10.